The maximum absolute atomic E-state index is 11.6. The second-order valence-corrected chi connectivity index (χ2v) is 5.04. The largest absolute Gasteiger partial charge is 0.216 e. The predicted molar refractivity (Wildman–Crippen MR) is 75.9 cm³/mol. The van der Waals surface area contributed by atoms with Gasteiger partial charge in [-0.25, -0.2) is 4.39 Å². The molecule has 0 rings (SSSR count). The van der Waals surface area contributed by atoms with Gasteiger partial charge in [0.15, 0.2) is 0 Å². The highest BCUT2D eigenvalue weighted by Gasteiger charge is 1.92. The first kappa shape index (κ1) is 16.7. The van der Waals surface area contributed by atoms with Crippen LogP contribution in [0.2, 0.25) is 0 Å². The fourth-order valence-electron chi connectivity index (χ4n) is 2.17. The molecule has 0 aliphatic heterocycles. The molecule has 0 bridgehead atoms. The van der Waals surface area contributed by atoms with Gasteiger partial charge in [-0.2, -0.15) is 0 Å². The average molecular weight is 242 g/mol. The Kier molecular flexibility index (Phi) is 15.4. The molecule has 0 saturated carbocycles. The minimum atomic E-state index is 0.665. The first-order chi connectivity index (χ1) is 8.41. The summed E-state index contributed by atoms with van der Waals surface area (Å²) in [6.07, 6.45) is 19.6. The van der Waals surface area contributed by atoms with Gasteiger partial charge in [-0.15, -0.1) is 0 Å². The Bertz CT molecular complexity index is 152. The lowest BCUT2D eigenvalue weighted by Crippen LogP contribution is -1.82. The third kappa shape index (κ3) is 15.7. The molecule has 0 aliphatic rings. The molecule has 0 atom stereocenters. The number of rotatable bonds is 13. The molecule has 17 heavy (non-hydrogen) atoms. The van der Waals surface area contributed by atoms with E-state index in [0.717, 1.165) is 12.8 Å². The smallest absolute Gasteiger partial charge is 0.0827 e. The van der Waals surface area contributed by atoms with Gasteiger partial charge >= 0.3 is 0 Å². The Balaban J connectivity index is 2.89. The molecule has 0 amide bonds. The van der Waals surface area contributed by atoms with Gasteiger partial charge in [-0.05, 0) is 12.8 Å². The summed E-state index contributed by atoms with van der Waals surface area (Å²) >= 11 is 0. The van der Waals surface area contributed by atoms with Crippen molar-refractivity contribution in [2.45, 2.75) is 90.4 Å². The van der Waals surface area contributed by atoms with Crippen molar-refractivity contribution in [1.82, 2.24) is 0 Å². The molecule has 102 valence electrons. The van der Waals surface area contributed by atoms with Crippen LogP contribution in [0.4, 0.5) is 4.39 Å². The molecule has 0 aromatic heterocycles. The fraction of sp³-hybridized carbons (Fsp3) is 0.875. The molecule has 0 radical (unpaired) electrons. The molecular formula is C16H31F. The first-order valence-electron chi connectivity index (χ1n) is 7.67. The standard InChI is InChI=1S/C16H31F/c1-2-3-4-5-6-7-8-9-10-11-12-13-14-15-16-17/h15-16H,2-14H2,1H3. The molecule has 0 aromatic rings. The molecular weight excluding hydrogens is 211 g/mol. The zero-order valence-electron chi connectivity index (χ0n) is 11.7. The maximum atomic E-state index is 11.6. The van der Waals surface area contributed by atoms with E-state index in [1.807, 2.05) is 0 Å². The van der Waals surface area contributed by atoms with Crippen LogP contribution in [-0.4, -0.2) is 0 Å². The highest BCUT2D eigenvalue weighted by molar-refractivity contribution is 4.71. The summed E-state index contributed by atoms with van der Waals surface area (Å²) in [4.78, 5) is 0. The number of halogens is 1. The second-order valence-electron chi connectivity index (χ2n) is 5.04. The molecule has 0 fully saturated rings. The van der Waals surface area contributed by atoms with E-state index in [1.165, 1.54) is 70.6 Å². The van der Waals surface area contributed by atoms with Crippen molar-refractivity contribution in [2.24, 2.45) is 0 Å². The Morgan fingerprint density at radius 3 is 1.47 bits per heavy atom. The van der Waals surface area contributed by atoms with E-state index in [9.17, 15) is 4.39 Å². The van der Waals surface area contributed by atoms with E-state index in [-0.39, 0.29) is 0 Å². The third-order valence-corrected chi connectivity index (χ3v) is 3.31. The molecule has 0 saturated heterocycles. The average Bonchev–Trinajstić information content (AvgIpc) is 2.35. The molecule has 0 spiro atoms. The maximum Gasteiger partial charge on any atom is 0.0827 e. The Labute approximate surface area is 108 Å². The van der Waals surface area contributed by atoms with Crippen molar-refractivity contribution in [3.05, 3.63) is 12.4 Å². The Morgan fingerprint density at radius 1 is 0.647 bits per heavy atom. The van der Waals surface area contributed by atoms with Crippen molar-refractivity contribution in [1.29, 1.82) is 0 Å². The van der Waals surface area contributed by atoms with Gasteiger partial charge in [0.25, 0.3) is 0 Å². The van der Waals surface area contributed by atoms with Gasteiger partial charge in [0, 0.05) is 0 Å². The van der Waals surface area contributed by atoms with Gasteiger partial charge in [-0.3, -0.25) is 0 Å². The van der Waals surface area contributed by atoms with Gasteiger partial charge in [0.2, 0.25) is 0 Å². The van der Waals surface area contributed by atoms with Crippen LogP contribution in [0, 0.1) is 0 Å². The van der Waals surface area contributed by atoms with E-state index in [1.54, 1.807) is 6.08 Å². The Morgan fingerprint density at radius 2 is 1.06 bits per heavy atom. The summed E-state index contributed by atoms with van der Waals surface area (Å²) in [7, 11) is 0. The van der Waals surface area contributed by atoms with Gasteiger partial charge in [0.05, 0.1) is 6.33 Å². The van der Waals surface area contributed by atoms with Crippen LogP contribution in [0.5, 0.6) is 0 Å². The van der Waals surface area contributed by atoms with Crippen LogP contribution in [0.1, 0.15) is 90.4 Å². The monoisotopic (exact) mass is 242 g/mol. The van der Waals surface area contributed by atoms with Crippen molar-refractivity contribution in [2.75, 3.05) is 0 Å². The van der Waals surface area contributed by atoms with Crippen LogP contribution >= 0.6 is 0 Å². The topological polar surface area (TPSA) is 0 Å². The summed E-state index contributed by atoms with van der Waals surface area (Å²) in [6.45, 7) is 2.27. The van der Waals surface area contributed by atoms with E-state index in [4.69, 9.17) is 0 Å². The SMILES string of the molecule is CCCCCCCCCCCCCCC=CF. The number of hydrogen-bond donors (Lipinski definition) is 0. The zero-order chi connectivity index (χ0) is 12.6. The third-order valence-electron chi connectivity index (χ3n) is 3.31. The Hall–Kier alpha value is -0.330. The van der Waals surface area contributed by atoms with E-state index >= 15 is 0 Å². The predicted octanol–water partition coefficient (Wildman–Crippen LogP) is 6.56. The minimum absolute atomic E-state index is 0.665. The van der Waals surface area contributed by atoms with E-state index in [0.29, 0.717) is 6.33 Å². The molecule has 0 aliphatic carbocycles. The number of unbranched alkanes of at least 4 members (excludes halogenated alkanes) is 12. The van der Waals surface area contributed by atoms with Gasteiger partial charge < -0.3 is 0 Å². The lowest BCUT2D eigenvalue weighted by molar-refractivity contribution is 0.544. The van der Waals surface area contributed by atoms with E-state index in [2.05, 4.69) is 6.92 Å². The first-order valence-corrected chi connectivity index (χ1v) is 7.67. The normalized spacial score (nSPS) is 11.4. The lowest BCUT2D eigenvalue weighted by Gasteiger charge is -2.02. The molecule has 0 unspecified atom stereocenters. The van der Waals surface area contributed by atoms with Crippen LogP contribution in [0.15, 0.2) is 12.4 Å². The second kappa shape index (κ2) is 15.7. The molecule has 0 N–H and O–H groups in total. The summed E-state index contributed by atoms with van der Waals surface area (Å²) in [5, 5.41) is 0. The summed E-state index contributed by atoms with van der Waals surface area (Å²) in [6, 6.07) is 0. The van der Waals surface area contributed by atoms with Gasteiger partial charge in [-0.1, -0.05) is 83.6 Å². The highest BCUT2D eigenvalue weighted by atomic mass is 19.1. The lowest BCUT2D eigenvalue weighted by atomic mass is 10.0. The summed E-state index contributed by atoms with van der Waals surface area (Å²) in [5.41, 5.74) is 0. The van der Waals surface area contributed by atoms with E-state index < -0.39 is 0 Å². The van der Waals surface area contributed by atoms with Crippen LogP contribution in [0.3, 0.4) is 0 Å². The number of allylic oxidation sites excluding steroid dienone is 1. The molecule has 0 aromatic carbocycles. The van der Waals surface area contributed by atoms with Crippen molar-refractivity contribution in [3.63, 3.8) is 0 Å². The minimum Gasteiger partial charge on any atom is -0.216 e. The summed E-state index contributed by atoms with van der Waals surface area (Å²) < 4.78 is 11.6. The van der Waals surface area contributed by atoms with Gasteiger partial charge in [0.1, 0.15) is 0 Å². The number of hydrogen-bond acceptors (Lipinski definition) is 0. The molecule has 1 heteroatoms. The van der Waals surface area contributed by atoms with Crippen LogP contribution < -0.4 is 0 Å². The zero-order valence-corrected chi connectivity index (χ0v) is 11.7. The van der Waals surface area contributed by atoms with Crippen molar-refractivity contribution >= 4 is 0 Å². The van der Waals surface area contributed by atoms with Crippen LogP contribution in [0.25, 0.3) is 0 Å². The summed E-state index contributed by atoms with van der Waals surface area (Å²) in [5.74, 6) is 0. The fourth-order valence-corrected chi connectivity index (χ4v) is 2.17. The quantitative estimate of drug-likeness (QED) is 0.321. The molecule has 0 heterocycles. The van der Waals surface area contributed by atoms with Crippen LogP contribution in [-0.2, 0) is 0 Å². The highest BCUT2D eigenvalue weighted by Crippen LogP contribution is 2.12. The molecule has 0 nitrogen and oxygen atoms in total. The van der Waals surface area contributed by atoms with Crippen molar-refractivity contribution in [3.8, 4) is 0 Å². The van der Waals surface area contributed by atoms with Crippen molar-refractivity contribution < 1.29 is 4.39 Å².